The molecule has 1 aliphatic heterocycles. The van der Waals surface area contributed by atoms with E-state index in [1.807, 2.05) is 12.1 Å². The molecule has 2 rings (SSSR count). The molecule has 0 unspecified atom stereocenters. The molecule has 0 aliphatic carbocycles. The van der Waals surface area contributed by atoms with E-state index < -0.39 is 0 Å². The number of nitriles is 1. The summed E-state index contributed by atoms with van der Waals surface area (Å²) < 4.78 is 0. The van der Waals surface area contributed by atoms with Gasteiger partial charge in [0.1, 0.15) is 6.07 Å². The predicted molar refractivity (Wildman–Crippen MR) is 76.0 cm³/mol. The zero-order chi connectivity index (χ0) is 13.2. The highest BCUT2D eigenvalue weighted by Gasteiger charge is 2.24. The Labute approximate surface area is 114 Å². The quantitative estimate of drug-likeness (QED) is 0.757. The van der Waals surface area contributed by atoms with Gasteiger partial charge in [0.05, 0.1) is 11.3 Å². The summed E-state index contributed by atoms with van der Waals surface area (Å²) in [7, 11) is 0. The first-order valence-corrected chi connectivity index (χ1v) is 6.84. The van der Waals surface area contributed by atoms with Crippen LogP contribution in [0.1, 0.15) is 38.7 Å². The van der Waals surface area contributed by atoms with Crippen molar-refractivity contribution in [3.05, 3.63) is 28.8 Å². The highest BCUT2D eigenvalue weighted by Crippen LogP contribution is 2.33. The van der Waals surface area contributed by atoms with E-state index in [1.165, 1.54) is 12.8 Å². The average Bonchev–Trinajstić information content (AvgIpc) is 2.50. The van der Waals surface area contributed by atoms with Gasteiger partial charge < -0.3 is 4.90 Å². The average molecular weight is 263 g/mol. The van der Waals surface area contributed by atoms with Crippen LogP contribution < -0.4 is 4.90 Å². The Balaban J connectivity index is 2.26. The van der Waals surface area contributed by atoms with E-state index in [4.69, 9.17) is 11.6 Å². The smallest absolute Gasteiger partial charge is 0.101 e. The predicted octanol–water partition coefficient (Wildman–Crippen LogP) is 4.23. The van der Waals surface area contributed by atoms with Crippen molar-refractivity contribution < 1.29 is 0 Å². The SMILES string of the molecule is CC1(C)CCCN(c2cc(Cl)ccc2C#N)CC1. The first-order valence-electron chi connectivity index (χ1n) is 6.46. The van der Waals surface area contributed by atoms with E-state index in [-0.39, 0.29) is 0 Å². The normalized spacial score (nSPS) is 19.1. The summed E-state index contributed by atoms with van der Waals surface area (Å²) in [5.74, 6) is 0. The lowest BCUT2D eigenvalue weighted by atomic mass is 9.85. The minimum Gasteiger partial charge on any atom is -0.370 e. The molecule has 1 saturated heterocycles. The lowest BCUT2D eigenvalue weighted by molar-refractivity contribution is 0.325. The van der Waals surface area contributed by atoms with Crippen molar-refractivity contribution in [1.82, 2.24) is 0 Å². The van der Waals surface area contributed by atoms with Gasteiger partial charge in [0.15, 0.2) is 0 Å². The van der Waals surface area contributed by atoms with Crippen LogP contribution in [0.3, 0.4) is 0 Å². The standard InChI is InChI=1S/C15H19ClN2/c1-15(2)6-3-8-18(9-7-15)14-10-13(16)5-4-12(14)11-17/h4-5,10H,3,6-9H2,1-2H3. The van der Waals surface area contributed by atoms with E-state index in [2.05, 4.69) is 24.8 Å². The third-order valence-corrected chi connectivity index (χ3v) is 4.00. The number of hydrogen-bond acceptors (Lipinski definition) is 2. The van der Waals surface area contributed by atoms with Crippen molar-refractivity contribution >= 4 is 17.3 Å². The fourth-order valence-electron chi connectivity index (χ4n) is 2.52. The van der Waals surface area contributed by atoms with Crippen LogP contribution >= 0.6 is 11.6 Å². The maximum absolute atomic E-state index is 9.19. The van der Waals surface area contributed by atoms with Crippen LogP contribution in [0.2, 0.25) is 5.02 Å². The molecule has 0 bridgehead atoms. The third kappa shape index (κ3) is 2.97. The Bertz CT molecular complexity index is 474. The summed E-state index contributed by atoms with van der Waals surface area (Å²) in [5, 5.41) is 9.89. The van der Waals surface area contributed by atoms with Crippen molar-refractivity contribution in [2.75, 3.05) is 18.0 Å². The molecule has 0 spiro atoms. The highest BCUT2D eigenvalue weighted by atomic mass is 35.5. The van der Waals surface area contributed by atoms with Gasteiger partial charge in [0, 0.05) is 18.1 Å². The summed E-state index contributed by atoms with van der Waals surface area (Å²) in [4.78, 5) is 2.30. The molecule has 96 valence electrons. The minimum absolute atomic E-state index is 0.403. The Morgan fingerprint density at radius 2 is 2.06 bits per heavy atom. The molecule has 0 amide bonds. The second-order valence-corrected chi connectivity index (χ2v) is 6.21. The Morgan fingerprint density at radius 3 is 2.78 bits per heavy atom. The first kappa shape index (κ1) is 13.2. The van der Waals surface area contributed by atoms with Crippen LogP contribution in [0, 0.1) is 16.7 Å². The number of rotatable bonds is 1. The van der Waals surface area contributed by atoms with Gasteiger partial charge in [0.25, 0.3) is 0 Å². The summed E-state index contributed by atoms with van der Waals surface area (Å²) in [5.41, 5.74) is 2.11. The van der Waals surface area contributed by atoms with Crippen LogP contribution in [-0.4, -0.2) is 13.1 Å². The first-order chi connectivity index (χ1) is 8.52. The second kappa shape index (κ2) is 5.20. The number of halogens is 1. The fourth-order valence-corrected chi connectivity index (χ4v) is 2.69. The van der Waals surface area contributed by atoms with Crippen molar-refractivity contribution in [3.63, 3.8) is 0 Å². The summed E-state index contributed by atoms with van der Waals surface area (Å²) in [6.45, 7) is 6.65. The van der Waals surface area contributed by atoms with Gasteiger partial charge in [-0.05, 0) is 42.9 Å². The summed E-state index contributed by atoms with van der Waals surface area (Å²) in [6.07, 6.45) is 3.57. The number of benzene rings is 1. The number of hydrogen-bond donors (Lipinski definition) is 0. The molecule has 1 aliphatic rings. The molecule has 1 aromatic rings. The van der Waals surface area contributed by atoms with E-state index >= 15 is 0 Å². The minimum atomic E-state index is 0.403. The molecular formula is C15H19ClN2. The van der Waals surface area contributed by atoms with Gasteiger partial charge in [-0.15, -0.1) is 0 Å². The van der Waals surface area contributed by atoms with Crippen LogP contribution in [0.25, 0.3) is 0 Å². The molecule has 0 aromatic heterocycles. The molecule has 0 atom stereocenters. The van der Waals surface area contributed by atoms with Crippen molar-refractivity contribution in [2.45, 2.75) is 33.1 Å². The van der Waals surface area contributed by atoms with Crippen LogP contribution in [0.4, 0.5) is 5.69 Å². The van der Waals surface area contributed by atoms with Crippen molar-refractivity contribution in [3.8, 4) is 6.07 Å². The highest BCUT2D eigenvalue weighted by molar-refractivity contribution is 6.30. The van der Waals surface area contributed by atoms with Crippen molar-refractivity contribution in [1.29, 1.82) is 5.26 Å². The molecule has 1 fully saturated rings. The van der Waals surface area contributed by atoms with E-state index in [0.717, 1.165) is 30.8 Å². The van der Waals surface area contributed by atoms with Crippen LogP contribution in [-0.2, 0) is 0 Å². The topological polar surface area (TPSA) is 27.0 Å². The van der Waals surface area contributed by atoms with E-state index in [9.17, 15) is 5.26 Å². The third-order valence-electron chi connectivity index (χ3n) is 3.76. The van der Waals surface area contributed by atoms with Gasteiger partial charge in [0.2, 0.25) is 0 Å². The lowest BCUT2D eigenvalue weighted by Crippen LogP contribution is -2.25. The maximum atomic E-state index is 9.19. The molecule has 3 heteroatoms. The molecule has 18 heavy (non-hydrogen) atoms. The van der Waals surface area contributed by atoms with Gasteiger partial charge >= 0.3 is 0 Å². The van der Waals surface area contributed by atoms with Crippen LogP contribution in [0.5, 0.6) is 0 Å². The Morgan fingerprint density at radius 1 is 1.28 bits per heavy atom. The summed E-state index contributed by atoms with van der Waals surface area (Å²) in [6, 6.07) is 7.77. The molecule has 1 heterocycles. The monoisotopic (exact) mass is 262 g/mol. The number of anilines is 1. The fraction of sp³-hybridized carbons (Fsp3) is 0.533. The maximum Gasteiger partial charge on any atom is 0.101 e. The largest absolute Gasteiger partial charge is 0.370 e. The second-order valence-electron chi connectivity index (χ2n) is 5.78. The zero-order valence-electron chi connectivity index (χ0n) is 11.0. The molecular weight excluding hydrogens is 244 g/mol. The van der Waals surface area contributed by atoms with Gasteiger partial charge in [-0.1, -0.05) is 25.4 Å². The molecule has 1 aromatic carbocycles. The van der Waals surface area contributed by atoms with Gasteiger partial charge in [-0.25, -0.2) is 0 Å². The number of nitrogens with zero attached hydrogens (tertiary/aromatic N) is 2. The summed E-state index contributed by atoms with van der Waals surface area (Å²) >= 11 is 6.05. The van der Waals surface area contributed by atoms with Crippen molar-refractivity contribution in [2.24, 2.45) is 5.41 Å². The van der Waals surface area contributed by atoms with Gasteiger partial charge in [-0.3, -0.25) is 0 Å². The van der Waals surface area contributed by atoms with E-state index in [1.54, 1.807) is 6.07 Å². The molecule has 2 nitrogen and oxygen atoms in total. The zero-order valence-corrected chi connectivity index (χ0v) is 11.8. The Kier molecular flexibility index (Phi) is 3.82. The Hall–Kier alpha value is -1.20. The lowest BCUT2D eigenvalue weighted by Gasteiger charge is -2.25. The van der Waals surface area contributed by atoms with E-state index in [0.29, 0.717) is 10.4 Å². The molecule has 0 N–H and O–H groups in total. The van der Waals surface area contributed by atoms with Gasteiger partial charge in [-0.2, -0.15) is 5.26 Å². The molecule has 0 radical (unpaired) electrons. The van der Waals surface area contributed by atoms with Crippen LogP contribution in [0.15, 0.2) is 18.2 Å². The molecule has 0 saturated carbocycles.